The van der Waals surface area contributed by atoms with E-state index in [1.807, 2.05) is 18.2 Å². The Morgan fingerprint density at radius 1 is 1.00 bits per heavy atom. The van der Waals surface area contributed by atoms with Crippen molar-refractivity contribution in [2.45, 2.75) is 31.1 Å². The van der Waals surface area contributed by atoms with Crippen LogP contribution < -0.4 is 0 Å². The van der Waals surface area contributed by atoms with E-state index in [0.717, 1.165) is 38.0 Å². The maximum absolute atomic E-state index is 13.3. The van der Waals surface area contributed by atoms with Crippen LogP contribution in [0.1, 0.15) is 35.6 Å². The first kappa shape index (κ1) is 14.9. The molecule has 3 heteroatoms. The number of benzene rings is 2. The highest BCUT2D eigenvalue weighted by Crippen LogP contribution is 2.49. The first-order valence-corrected chi connectivity index (χ1v) is 8.40. The molecule has 2 aromatic carbocycles. The van der Waals surface area contributed by atoms with Crippen molar-refractivity contribution in [3.63, 3.8) is 0 Å². The Hall–Kier alpha value is -1.71. The number of ether oxygens (including phenoxy) is 1. The van der Waals surface area contributed by atoms with Crippen LogP contribution in [0, 0.1) is 0 Å². The van der Waals surface area contributed by atoms with Crippen LogP contribution in [0.25, 0.3) is 0 Å². The molecule has 1 spiro atoms. The molecule has 0 amide bonds. The zero-order valence-electron chi connectivity index (χ0n) is 13.2. The lowest BCUT2D eigenvalue weighted by atomic mass is 9.83. The fraction of sp³-hybridized carbons (Fsp3) is 0.400. The second-order valence-corrected chi connectivity index (χ2v) is 6.60. The molecule has 0 aliphatic carbocycles. The molecule has 1 atom stereocenters. The van der Waals surface area contributed by atoms with Crippen LogP contribution in [0.2, 0.25) is 0 Å². The lowest BCUT2D eigenvalue weighted by molar-refractivity contribution is -0.115. The van der Waals surface area contributed by atoms with Crippen LogP contribution in [-0.2, 0) is 16.9 Å². The number of halogens is 1. The minimum Gasteiger partial charge on any atom is -0.360 e. The minimum atomic E-state index is -0.438. The topological polar surface area (TPSA) is 12.5 Å². The molecule has 2 nitrogen and oxygen atoms in total. The van der Waals surface area contributed by atoms with Gasteiger partial charge in [-0.05, 0) is 29.5 Å². The number of hydrogen-bond donors (Lipinski definition) is 0. The smallest absolute Gasteiger partial charge is 0.120 e. The van der Waals surface area contributed by atoms with Crippen LogP contribution >= 0.6 is 0 Å². The number of likely N-dealkylation sites (tertiary alicyclic amines) is 1. The van der Waals surface area contributed by atoms with Gasteiger partial charge in [-0.15, -0.1) is 0 Å². The van der Waals surface area contributed by atoms with E-state index in [-0.39, 0.29) is 11.7 Å². The monoisotopic (exact) mass is 311 g/mol. The summed E-state index contributed by atoms with van der Waals surface area (Å²) in [4.78, 5) is 2.47. The number of hydrogen-bond acceptors (Lipinski definition) is 2. The number of piperidine rings is 1. The molecular weight excluding hydrogens is 289 g/mol. The van der Waals surface area contributed by atoms with Crippen molar-refractivity contribution in [3.8, 4) is 0 Å². The molecule has 0 radical (unpaired) electrons. The van der Waals surface area contributed by atoms with Crippen molar-refractivity contribution in [2.24, 2.45) is 0 Å². The highest BCUT2D eigenvalue weighted by atomic mass is 19.1. The predicted molar refractivity (Wildman–Crippen MR) is 88.9 cm³/mol. The largest absolute Gasteiger partial charge is 0.360 e. The molecule has 2 aromatic rings. The lowest BCUT2D eigenvalue weighted by Gasteiger charge is -2.39. The molecule has 2 aliphatic rings. The van der Waals surface area contributed by atoms with E-state index in [9.17, 15) is 4.39 Å². The number of rotatable bonds is 3. The number of alkyl halides is 1. The molecule has 2 aliphatic heterocycles. The van der Waals surface area contributed by atoms with Crippen LogP contribution in [-0.4, -0.2) is 24.7 Å². The van der Waals surface area contributed by atoms with Gasteiger partial charge in [0.25, 0.3) is 0 Å². The van der Waals surface area contributed by atoms with Crippen molar-refractivity contribution in [1.82, 2.24) is 4.90 Å². The van der Waals surface area contributed by atoms with Crippen molar-refractivity contribution >= 4 is 0 Å². The van der Waals surface area contributed by atoms with Gasteiger partial charge in [0.15, 0.2) is 0 Å². The van der Waals surface area contributed by atoms with E-state index in [0.29, 0.717) is 0 Å². The van der Waals surface area contributed by atoms with Crippen molar-refractivity contribution in [2.75, 3.05) is 19.8 Å². The summed E-state index contributed by atoms with van der Waals surface area (Å²) in [7, 11) is 0. The Kier molecular flexibility index (Phi) is 3.92. The van der Waals surface area contributed by atoms with Gasteiger partial charge in [0.2, 0.25) is 0 Å². The van der Waals surface area contributed by atoms with Gasteiger partial charge in [-0.3, -0.25) is 4.90 Å². The fourth-order valence-electron chi connectivity index (χ4n) is 4.01. The molecule has 1 saturated heterocycles. The normalized spacial score (nSPS) is 23.1. The molecule has 0 saturated carbocycles. The lowest BCUT2D eigenvalue weighted by Crippen LogP contribution is -2.42. The van der Waals surface area contributed by atoms with Crippen LogP contribution in [0.5, 0.6) is 0 Å². The van der Waals surface area contributed by atoms with Crippen LogP contribution in [0.15, 0.2) is 54.6 Å². The second kappa shape index (κ2) is 6.06. The summed E-state index contributed by atoms with van der Waals surface area (Å²) in [6.07, 6.45) is 1.49. The third-order valence-corrected chi connectivity index (χ3v) is 5.22. The van der Waals surface area contributed by atoms with Crippen molar-refractivity contribution in [3.05, 3.63) is 71.3 Å². The molecular formula is C20H22FNO. The van der Waals surface area contributed by atoms with Gasteiger partial charge in [0.1, 0.15) is 12.8 Å². The maximum Gasteiger partial charge on any atom is 0.120 e. The summed E-state index contributed by atoms with van der Waals surface area (Å²) < 4.78 is 19.6. The van der Waals surface area contributed by atoms with E-state index >= 15 is 0 Å². The summed E-state index contributed by atoms with van der Waals surface area (Å²) in [5, 5.41) is 0. The van der Waals surface area contributed by atoms with Gasteiger partial charge in [0.05, 0.1) is 5.60 Å². The Morgan fingerprint density at radius 2 is 1.70 bits per heavy atom. The Bertz CT molecular complexity index is 664. The van der Waals surface area contributed by atoms with Gasteiger partial charge in [0, 0.05) is 19.6 Å². The van der Waals surface area contributed by atoms with Gasteiger partial charge in [-0.2, -0.15) is 0 Å². The zero-order valence-corrected chi connectivity index (χ0v) is 13.2. The molecule has 0 unspecified atom stereocenters. The standard InChI is InChI=1S/C20H22FNO/c21-14-19-17-8-4-5-9-18(17)20(23-19)10-12-22(13-11-20)15-16-6-2-1-3-7-16/h1-9,19H,10-15H2/t19-/m0/s1. The Labute approximate surface area is 136 Å². The Balaban J connectivity index is 1.49. The average Bonchev–Trinajstić information content (AvgIpc) is 2.92. The fourth-order valence-corrected chi connectivity index (χ4v) is 4.01. The zero-order chi connectivity index (χ0) is 15.7. The number of fused-ring (bicyclic) bond motifs is 2. The van der Waals surface area contributed by atoms with Gasteiger partial charge in [-0.1, -0.05) is 54.6 Å². The van der Waals surface area contributed by atoms with E-state index in [2.05, 4.69) is 41.3 Å². The first-order valence-electron chi connectivity index (χ1n) is 8.40. The molecule has 4 rings (SSSR count). The number of nitrogens with zero attached hydrogens (tertiary/aromatic N) is 1. The predicted octanol–water partition coefficient (Wildman–Crippen LogP) is 4.22. The summed E-state index contributed by atoms with van der Waals surface area (Å²) in [5.41, 5.74) is 3.33. The molecule has 1 fully saturated rings. The van der Waals surface area contributed by atoms with Gasteiger partial charge in [-0.25, -0.2) is 4.39 Å². The molecule has 23 heavy (non-hydrogen) atoms. The molecule has 120 valence electrons. The maximum atomic E-state index is 13.3. The summed E-state index contributed by atoms with van der Waals surface area (Å²) in [6.45, 7) is 2.52. The molecule has 2 heterocycles. The summed E-state index contributed by atoms with van der Waals surface area (Å²) >= 11 is 0. The summed E-state index contributed by atoms with van der Waals surface area (Å²) in [5.74, 6) is 0. The van der Waals surface area contributed by atoms with E-state index in [1.165, 1.54) is 11.1 Å². The first-order chi connectivity index (χ1) is 11.3. The third-order valence-electron chi connectivity index (χ3n) is 5.22. The SMILES string of the molecule is FC[C@@H]1OC2(CCN(Cc3ccccc3)CC2)c2ccccc21. The van der Waals surface area contributed by atoms with Gasteiger partial charge < -0.3 is 4.74 Å². The van der Waals surface area contributed by atoms with E-state index < -0.39 is 6.67 Å². The second-order valence-electron chi connectivity index (χ2n) is 6.60. The van der Waals surface area contributed by atoms with Crippen LogP contribution in [0.3, 0.4) is 0 Å². The van der Waals surface area contributed by atoms with Gasteiger partial charge >= 0.3 is 0 Å². The van der Waals surface area contributed by atoms with Crippen molar-refractivity contribution < 1.29 is 9.13 Å². The van der Waals surface area contributed by atoms with E-state index in [4.69, 9.17) is 4.74 Å². The molecule has 0 aromatic heterocycles. The summed E-state index contributed by atoms with van der Waals surface area (Å²) in [6, 6.07) is 18.7. The third kappa shape index (κ3) is 2.68. The average molecular weight is 311 g/mol. The minimum absolute atomic E-state index is 0.277. The molecule has 0 bridgehead atoms. The van der Waals surface area contributed by atoms with Crippen molar-refractivity contribution in [1.29, 1.82) is 0 Å². The molecule has 0 N–H and O–H groups in total. The quantitative estimate of drug-likeness (QED) is 0.841. The Morgan fingerprint density at radius 3 is 2.43 bits per heavy atom. The van der Waals surface area contributed by atoms with E-state index in [1.54, 1.807) is 0 Å². The highest BCUT2D eigenvalue weighted by Gasteiger charge is 2.46. The highest BCUT2D eigenvalue weighted by molar-refractivity contribution is 5.38. The van der Waals surface area contributed by atoms with Crippen LogP contribution in [0.4, 0.5) is 4.39 Å².